The van der Waals surface area contributed by atoms with Crippen LogP contribution in [-0.4, -0.2) is 13.1 Å². The van der Waals surface area contributed by atoms with Gasteiger partial charge in [-0.05, 0) is 29.2 Å². The number of hydrogen-bond acceptors (Lipinski definition) is 1. The molecule has 0 bridgehead atoms. The summed E-state index contributed by atoms with van der Waals surface area (Å²) in [6.45, 7) is 16.6. The van der Waals surface area contributed by atoms with Crippen LogP contribution in [0.2, 0.25) is 0 Å². The Kier molecular flexibility index (Phi) is 2.41. The molecule has 0 N–H and O–H groups in total. The average Bonchev–Trinajstić information content (AvgIpc) is 2.87. The molecule has 2 aliphatic rings. The molecule has 2 unspecified atom stereocenters. The highest BCUT2D eigenvalue weighted by Gasteiger charge is 2.59. The summed E-state index contributed by atoms with van der Waals surface area (Å²) in [6, 6.07) is 8.00. The first-order valence-corrected chi connectivity index (χ1v) is 6.74. The van der Waals surface area contributed by atoms with E-state index in [1.165, 1.54) is 0 Å². The molecule has 0 spiro atoms. The van der Waals surface area contributed by atoms with Crippen molar-refractivity contribution in [2.75, 3.05) is 18.0 Å². The van der Waals surface area contributed by atoms with Gasteiger partial charge in [0.2, 0.25) is 5.69 Å². The standard InChI is InChI=1S/C16H20N2/c1-16(2,3)15-11-9-18(10-12(11)15)14-8-6-5-7-13(14)17-4/h5-8,11-12,15H,9-10H2,1-3H3. The number of para-hydroxylation sites is 2. The van der Waals surface area contributed by atoms with Crippen LogP contribution in [0.3, 0.4) is 0 Å². The number of fused-ring (bicyclic) bond motifs is 1. The Bertz CT molecular complexity index is 495. The van der Waals surface area contributed by atoms with E-state index in [9.17, 15) is 0 Å². The molecular weight excluding hydrogens is 220 g/mol. The van der Waals surface area contributed by atoms with Crippen LogP contribution in [-0.2, 0) is 0 Å². The smallest absolute Gasteiger partial charge is 0.209 e. The summed E-state index contributed by atoms with van der Waals surface area (Å²) in [5, 5.41) is 0. The fourth-order valence-electron chi connectivity index (χ4n) is 3.83. The lowest BCUT2D eigenvalue weighted by Gasteiger charge is -2.27. The quantitative estimate of drug-likeness (QED) is 0.674. The first kappa shape index (κ1) is 11.6. The summed E-state index contributed by atoms with van der Waals surface area (Å²) in [5.41, 5.74) is 2.37. The summed E-state index contributed by atoms with van der Waals surface area (Å²) >= 11 is 0. The van der Waals surface area contributed by atoms with E-state index >= 15 is 0 Å². The van der Waals surface area contributed by atoms with Gasteiger partial charge in [0, 0.05) is 18.8 Å². The summed E-state index contributed by atoms with van der Waals surface area (Å²) in [5.74, 6) is 2.58. The molecule has 1 saturated carbocycles. The van der Waals surface area contributed by atoms with E-state index in [1.807, 2.05) is 18.2 Å². The van der Waals surface area contributed by atoms with Crippen molar-refractivity contribution >= 4 is 11.4 Å². The molecule has 2 fully saturated rings. The van der Waals surface area contributed by atoms with Crippen molar-refractivity contribution in [2.24, 2.45) is 23.2 Å². The highest BCUT2D eigenvalue weighted by atomic mass is 15.2. The van der Waals surface area contributed by atoms with Crippen molar-refractivity contribution in [3.8, 4) is 0 Å². The van der Waals surface area contributed by atoms with Gasteiger partial charge in [-0.15, -0.1) is 0 Å². The van der Waals surface area contributed by atoms with Gasteiger partial charge in [0.15, 0.2) is 0 Å². The second-order valence-corrected chi connectivity index (χ2v) is 6.73. The third-order valence-corrected chi connectivity index (χ3v) is 4.54. The SMILES string of the molecule is [C-]#[N+]c1ccccc1N1CC2C(C1)C2C(C)(C)C. The molecule has 0 amide bonds. The number of nitrogens with zero attached hydrogens (tertiary/aromatic N) is 2. The minimum Gasteiger partial charge on any atom is -0.380 e. The van der Waals surface area contributed by atoms with Crippen LogP contribution in [0.1, 0.15) is 20.8 Å². The predicted molar refractivity (Wildman–Crippen MR) is 74.8 cm³/mol. The number of benzene rings is 1. The van der Waals surface area contributed by atoms with Crippen molar-refractivity contribution in [1.29, 1.82) is 0 Å². The van der Waals surface area contributed by atoms with Crippen LogP contribution in [0.5, 0.6) is 0 Å². The van der Waals surface area contributed by atoms with Crippen LogP contribution in [0.15, 0.2) is 24.3 Å². The molecule has 1 saturated heterocycles. The maximum absolute atomic E-state index is 7.25. The summed E-state index contributed by atoms with van der Waals surface area (Å²) in [4.78, 5) is 6.04. The van der Waals surface area contributed by atoms with Crippen molar-refractivity contribution in [2.45, 2.75) is 20.8 Å². The molecule has 94 valence electrons. The zero-order valence-electron chi connectivity index (χ0n) is 11.4. The Hall–Kier alpha value is -1.49. The Morgan fingerprint density at radius 2 is 1.78 bits per heavy atom. The van der Waals surface area contributed by atoms with Crippen molar-refractivity contribution in [3.63, 3.8) is 0 Å². The molecule has 1 aromatic carbocycles. The third kappa shape index (κ3) is 1.70. The van der Waals surface area contributed by atoms with Gasteiger partial charge in [-0.3, -0.25) is 0 Å². The number of hydrogen-bond donors (Lipinski definition) is 0. The largest absolute Gasteiger partial charge is 0.380 e. The molecule has 1 heterocycles. The van der Waals surface area contributed by atoms with E-state index in [2.05, 4.69) is 36.6 Å². The number of rotatable bonds is 1. The number of anilines is 1. The molecule has 18 heavy (non-hydrogen) atoms. The van der Waals surface area contributed by atoms with E-state index in [4.69, 9.17) is 6.57 Å². The van der Waals surface area contributed by atoms with Gasteiger partial charge in [-0.2, -0.15) is 0 Å². The lowest BCUT2D eigenvalue weighted by atomic mass is 9.87. The van der Waals surface area contributed by atoms with Crippen LogP contribution >= 0.6 is 0 Å². The Morgan fingerprint density at radius 1 is 1.17 bits per heavy atom. The lowest BCUT2D eigenvalue weighted by Crippen LogP contribution is -2.27. The molecule has 1 aromatic rings. The predicted octanol–water partition coefficient (Wildman–Crippen LogP) is 3.97. The maximum atomic E-state index is 7.25. The van der Waals surface area contributed by atoms with Gasteiger partial charge in [0.05, 0.1) is 6.57 Å². The molecule has 2 atom stereocenters. The monoisotopic (exact) mass is 240 g/mol. The first-order chi connectivity index (χ1) is 8.52. The van der Waals surface area contributed by atoms with Crippen molar-refractivity contribution in [3.05, 3.63) is 35.7 Å². The molecule has 2 heteroatoms. The molecule has 1 aliphatic heterocycles. The average molecular weight is 240 g/mol. The summed E-state index contributed by atoms with van der Waals surface area (Å²) in [6.07, 6.45) is 0. The van der Waals surface area contributed by atoms with Gasteiger partial charge in [-0.25, -0.2) is 4.85 Å². The zero-order valence-corrected chi connectivity index (χ0v) is 11.4. The highest BCUT2D eigenvalue weighted by Crippen LogP contribution is 2.60. The number of piperidine rings is 1. The van der Waals surface area contributed by atoms with Gasteiger partial charge < -0.3 is 4.90 Å². The minimum absolute atomic E-state index is 0.445. The van der Waals surface area contributed by atoms with Crippen LogP contribution in [0, 0.1) is 29.7 Å². The fraction of sp³-hybridized carbons (Fsp3) is 0.562. The lowest BCUT2D eigenvalue weighted by molar-refractivity contribution is 0.309. The zero-order chi connectivity index (χ0) is 12.9. The van der Waals surface area contributed by atoms with E-state index in [1.54, 1.807) is 0 Å². The van der Waals surface area contributed by atoms with Crippen LogP contribution < -0.4 is 4.90 Å². The van der Waals surface area contributed by atoms with E-state index < -0.39 is 0 Å². The van der Waals surface area contributed by atoms with E-state index in [-0.39, 0.29) is 0 Å². The fourth-order valence-corrected chi connectivity index (χ4v) is 3.83. The minimum atomic E-state index is 0.445. The Balaban J connectivity index is 1.75. The van der Waals surface area contributed by atoms with Gasteiger partial charge >= 0.3 is 0 Å². The van der Waals surface area contributed by atoms with Crippen LogP contribution in [0.25, 0.3) is 4.85 Å². The van der Waals surface area contributed by atoms with Gasteiger partial charge in [0.25, 0.3) is 0 Å². The molecular formula is C16H20N2. The molecule has 3 rings (SSSR count). The Labute approximate surface area is 109 Å². The third-order valence-electron chi connectivity index (χ3n) is 4.54. The van der Waals surface area contributed by atoms with Gasteiger partial charge in [-0.1, -0.05) is 39.0 Å². The molecule has 0 aromatic heterocycles. The van der Waals surface area contributed by atoms with E-state index in [0.717, 1.165) is 42.2 Å². The topological polar surface area (TPSA) is 7.60 Å². The van der Waals surface area contributed by atoms with Gasteiger partial charge in [0.1, 0.15) is 0 Å². The van der Waals surface area contributed by atoms with E-state index in [0.29, 0.717) is 5.41 Å². The van der Waals surface area contributed by atoms with Crippen molar-refractivity contribution < 1.29 is 0 Å². The normalized spacial score (nSPS) is 29.9. The first-order valence-electron chi connectivity index (χ1n) is 6.74. The Morgan fingerprint density at radius 3 is 2.33 bits per heavy atom. The van der Waals surface area contributed by atoms with Crippen molar-refractivity contribution in [1.82, 2.24) is 0 Å². The molecule has 0 radical (unpaired) electrons. The molecule has 2 nitrogen and oxygen atoms in total. The summed E-state index contributed by atoms with van der Waals surface area (Å²) in [7, 11) is 0. The molecule has 1 aliphatic carbocycles. The van der Waals surface area contributed by atoms with Crippen LogP contribution in [0.4, 0.5) is 11.4 Å². The summed E-state index contributed by atoms with van der Waals surface area (Å²) < 4.78 is 0. The second-order valence-electron chi connectivity index (χ2n) is 6.73. The maximum Gasteiger partial charge on any atom is 0.209 e. The highest BCUT2D eigenvalue weighted by molar-refractivity contribution is 5.71. The second kappa shape index (κ2) is 3.75.